The van der Waals surface area contributed by atoms with Crippen molar-refractivity contribution in [3.8, 4) is 11.1 Å². The molecule has 0 radical (unpaired) electrons. The predicted molar refractivity (Wildman–Crippen MR) is 171 cm³/mol. The van der Waals surface area contributed by atoms with E-state index in [0.29, 0.717) is 12.8 Å². The van der Waals surface area contributed by atoms with Crippen LogP contribution >= 0.6 is 0 Å². The van der Waals surface area contributed by atoms with Crippen LogP contribution in [0, 0.1) is 5.92 Å². The molecule has 43 heavy (non-hydrogen) atoms. The van der Waals surface area contributed by atoms with E-state index in [2.05, 4.69) is 30.3 Å². The van der Waals surface area contributed by atoms with Crippen molar-refractivity contribution in [3.63, 3.8) is 0 Å². The summed E-state index contributed by atoms with van der Waals surface area (Å²) in [6.07, 6.45) is 0.0402. The highest BCUT2D eigenvalue weighted by Gasteiger charge is 2.40. The zero-order valence-electron chi connectivity index (χ0n) is 24.5. The van der Waals surface area contributed by atoms with Gasteiger partial charge in [-0.1, -0.05) is 146 Å². The first-order chi connectivity index (χ1) is 21.1. The van der Waals surface area contributed by atoms with E-state index in [9.17, 15) is 9.90 Å². The Morgan fingerprint density at radius 1 is 0.674 bits per heavy atom. The number of aryl methyl sites for hydroxylation is 1. The molecule has 0 aliphatic carbocycles. The monoisotopic (exact) mass is 570 g/mol. The quantitative estimate of drug-likeness (QED) is 0.116. The van der Waals surface area contributed by atoms with Gasteiger partial charge in [-0.25, -0.2) is 0 Å². The van der Waals surface area contributed by atoms with E-state index in [1.165, 1.54) is 0 Å². The van der Waals surface area contributed by atoms with Crippen molar-refractivity contribution >= 4 is 5.97 Å². The molecule has 5 aromatic rings. The first-order valence-electron chi connectivity index (χ1n) is 14.9. The molecule has 0 aromatic heterocycles. The van der Waals surface area contributed by atoms with Crippen molar-refractivity contribution in [2.45, 2.75) is 31.5 Å². The fourth-order valence-electron chi connectivity index (χ4n) is 5.62. The molecular weight excluding hydrogens is 532 g/mol. The van der Waals surface area contributed by atoms with Crippen LogP contribution in [0.2, 0.25) is 0 Å². The van der Waals surface area contributed by atoms with Gasteiger partial charge in [-0.2, -0.15) is 0 Å². The fourth-order valence-corrected chi connectivity index (χ4v) is 5.62. The van der Waals surface area contributed by atoms with Crippen LogP contribution in [0.25, 0.3) is 11.1 Å². The molecule has 5 aromatic carbocycles. The van der Waals surface area contributed by atoms with E-state index < -0.39 is 23.6 Å². The highest BCUT2D eigenvalue weighted by Crippen LogP contribution is 2.41. The van der Waals surface area contributed by atoms with Crippen LogP contribution in [-0.2, 0) is 26.3 Å². The molecule has 5 rings (SSSR count). The van der Waals surface area contributed by atoms with E-state index in [1.807, 2.05) is 115 Å². The van der Waals surface area contributed by atoms with Crippen LogP contribution in [0.5, 0.6) is 0 Å². The number of aliphatic hydroxyl groups excluding tert-OH is 1. The Morgan fingerprint density at radius 2 is 1.16 bits per heavy atom. The predicted octanol–water partition coefficient (Wildman–Crippen LogP) is 7.84. The second-order valence-electron chi connectivity index (χ2n) is 10.6. The second-order valence-corrected chi connectivity index (χ2v) is 10.6. The minimum Gasteiger partial charge on any atom is -0.466 e. The lowest BCUT2D eigenvalue weighted by molar-refractivity contribution is -0.157. The Balaban J connectivity index is 1.43. The Morgan fingerprint density at radius 3 is 1.67 bits per heavy atom. The first kappa shape index (κ1) is 30.0. The Hall–Kier alpha value is -4.51. The van der Waals surface area contributed by atoms with E-state index >= 15 is 0 Å². The van der Waals surface area contributed by atoms with Gasteiger partial charge in [0.05, 0.1) is 19.3 Å². The van der Waals surface area contributed by atoms with Gasteiger partial charge in [-0.15, -0.1) is 0 Å². The Labute approximate surface area is 254 Å². The van der Waals surface area contributed by atoms with Crippen molar-refractivity contribution in [1.82, 2.24) is 0 Å². The molecule has 1 N–H and O–H groups in total. The highest BCUT2D eigenvalue weighted by molar-refractivity contribution is 5.73. The van der Waals surface area contributed by atoms with E-state index in [0.717, 1.165) is 33.4 Å². The molecule has 0 heterocycles. The normalized spacial score (nSPS) is 12.8. The number of carbonyl (C=O) groups excluding carboxylic acids is 1. The van der Waals surface area contributed by atoms with Gasteiger partial charge in [0, 0.05) is 0 Å². The van der Waals surface area contributed by atoms with E-state index in [1.54, 1.807) is 6.92 Å². The average Bonchev–Trinajstić information content (AvgIpc) is 3.07. The molecule has 0 spiro atoms. The lowest BCUT2D eigenvalue weighted by Crippen LogP contribution is -2.40. The van der Waals surface area contributed by atoms with Crippen LogP contribution in [0.4, 0.5) is 0 Å². The summed E-state index contributed by atoms with van der Waals surface area (Å²) in [6, 6.07) is 48.6. The maximum atomic E-state index is 13.3. The van der Waals surface area contributed by atoms with Crippen LogP contribution < -0.4 is 0 Å². The number of esters is 1. The van der Waals surface area contributed by atoms with E-state index in [4.69, 9.17) is 9.47 Å². The molecule has 0 fully saturated rings. The molecular formula is C39H38O4. The zero-order chi connectivity index (χ0) is 29.9. The molecule has 0 aliphatic heterocycles. The average molecular weight is 571 g/mol. The van der Waals surface area contributed by atoms with Crippen molar-refractivity contribution < 1.29 is 19.4 Å². The number of rotatable bonds is 13. The number of hydrogen-bond acceptors (Lipinski definition) is 4. The van der Waals surface area contributed by atoms with Crippen molar-refractivity contribution in [2.75, 3.05) is 13.2 Å². The molecule has 0 saturated carbocycles. The third-order valence-corrected chi connectivity index (χ3v) is 7.84. The lowest BCUT2D eigenvalue weighted by Gasteiger charge is -2.37. The summed E-state index contributed by atoms with van der Waals surface area (Å²) in [5, 5.41) is 11.5. The van der Waals surface area contributed by atoms with Crippen LogP contribution in [0.1, 0.15) is 35.6 Å². The Bertz CT molecular complexity index is 1460. The SMILES string of the molecule is CCOC(=O)[C@@H](COC(c1ccccc1)(c1ccccc1)c1ccccc1)[C@@H](O)CCc1cccc(-c2ccccc2)c1. The van der Waals surface area contributed by atoms with Gasteiger partial charge in [-0.05, 0) is 53.1 Å². The fraction of sp³-hybridized carbons (Fsp3) is 0.205. The van der Waals surface area contributed by atoms with Crippen molar-refractivity contribution in [3.05, 3.63) is 168 Å². The van der Waals surface area contributed by atoms with Crippen molar-refractivity contribution in [1.29, 1.82) is 0 Å². The smallest absolute Gasteiger partial charge is 0.313 e. The topological polar surface area (TPSA) is 55.8 Å². The first-order valence-corrected chi connectivity index (χ1v) is 14.9. The summed E-state index contributed by atoms with van der Waals surface area (Å²) >= 11 is 0. The minimum absolute atomic E-state index is 0.0251. The third-order valence-electron chi connectivity index (χ3n) is 7.84. The zero-order valence-corrected chi connectivity index (χ0v) is 24.5. The largest absolute Gasteiger partial charge is 0.466 e. The van der Waals surface area contributed by atoms with Gasteiger partial charge in [-0.3, -0.25) is 4.79 Å². The third kappa shape index (κ3) is 7.11. The van der Waals surface area contributed by atoms with Crippen LogP contribution in [-0.4, -0.2) is 30.4 Å². The number of aliphatic hydroxyl groups is 1. The molecule has 218 valence electrons. The standard InChI is InChI=1S/C39H38O4/c1-2-42-38(41)36(37(40)27-26-30-16-15-19-32(28-30)31-17-7-3-8-18-31)29-43-39(33-20-9-4-10-21-33,34-22-11-5-12-23-34)35-24-13-6-14-25-35/h3-25,28,36-37,40H,2,26-27,29H2,1H3/t36-,37-/m0/s1. The van der Waals surface area contributed by atoms with Crippen LogP contribution in [0.15, 0.2) is 146 Å². The summed E-state index contributed by atoms with van der Waals surface area (Å²) in [5.74, 6) is -1.33. The van der Waals surface area contributed by atoms with Gasteiger partial charge >= 0.3 is 5.97 Å². The molecule has 4 nitrogen and oxygen atoms in total. The molecule has 0 amide bonds. The number of carbonyl (C=O) groups is 1. The highest BCUT2D eigenvalue weighted by atomic mass is 16.5. The minimum atomic E-state index is -1.00. The summed E-state index contributed by atoms with van der Waals surface area (Å²) in [5.41, 5.74) is 5.15. The van der Waals surface area contributed by atoms with Gasteiger partial charge < -0.3 is 14.6 Å². The summed E-state index contributed by atoms with van der Waals surface area (Å²) in [6.45, 7) is 1.98. The maximum Gasteiger partial charge on any atom is 0.313 e. The molecule has 0 aliphatic rings. The maximum absolute atomic E-state index is 13.3. The van der Waals surface area contributed by atoms with Gasteiger partial charge in [0.1, 0.15) is 11.5 Å². The number of ether oxygens (including phenoxy) is 2. The molecule has 0 saturated heterocycles. The number of hydrogen-bond donors (Lipinski definition) is 1. The molecule has 2 atom stereocenters. The molecule has 4 heteroatoms. The summed E-state index contributed by atoms with van der Waals surface area (Å²) in [4.78, 5) is 13.3. The van der Waals surface area contributed by atoms with Gasteiger partial charge in [0.2, 0.25) is 0 Å². The molecule has 0 bridgehead atoms. The Kier molecular flexibility index (Phi) is 10.2. The van der Waals surface area contributed by atoms with E-state index in [-0.39, 0.29) is 13.2 Å². The van der Waals surface area contributed by atoms with Crippen molar-refractivity contribution in [2.24, 2.45) is 5.92 Å². The number of benzene rings is 5. The summed E-state index contributed by atoms with van der Waals surface area (Å²) in [7, 11) is 0. The lowest BCUT2D eigenvalue weighted by atomic mass is 9.80. The summed E-state index contributed by atoms with van der Waals surface area (Å²) < 4.78 is 12.4. The van der Waals surface area contributed by atoms with Crippen LogP contribution in [0.3, 0.4) is 0 Å². The van der Waals surface area contributed by atoms with Gasteiger partial charge in [0.25, 0.3) is 0 Å². The second kappa shape index (κ2) is 14.6. The van der Waals surface area contributed by atoms with Gasteiger partial charge in [0.15, 0.2) is 0 Å². The molecule has 0 unspecified atom stereocenters.